The van der Waals surface area contributed by atoms with Gasteiger partial charge in [-0.05, 0) is 56.2 Å². The van der Waals surface area contributed by atoms with Crippen molar-refractivity contribution in [2.75, 3.05) is 22.6 Å². The highest BCUT2D eigenvalue weighted by atomic mass is 32.2. The first-order chi connectivity index (χ1) is 14.2. The Kier molecular flexibility index (Phi) is 6.50. The van der Waals surface area contributed by atoms with E-state index < -0.39 is 0 Å². The predicted octanol–water partition coefficient (Wildman–Crippen LogP) is 6.00. The lowest BCUT2D eigenvalue weighted by atomic mass is 9.97. The van der Waals surface area contributed by atoms with E-state index in [2.05, 4.69) is 28.8 Å². The maximum atomic E-state index is 12.6. The first-order valence-corrected chi connectivity index (χ1v) is 12.4. The molecule has 1 spiro atoms. The Labute approximate surface area is 181 Å². The van der Waals surface area contributed by atoms with Gasteiger partial charge in [0.15, 0.2) is 0 Å². The van der Waals surface area contributed by atoms with Crippen LogP contribution in [0.25, 0.3) is 0 Å². The van der Waals surface area contributed by atoms with E-state index in [9.17, 15) is 4.79 Å². The lowest BCUT2D eigenvalue weighted by Crippen LogP contribution is -2.40. The lowest BCUT2D eigenvalue weighted by molar-refractivity contribution is -0.113. The van der Waals surface area contributed by atoms with Crippen LogP contribution in [0.15, 0.2) is 58.4 Å². The number of nitrogens with zero attached hydrogens (tertiary/aromatic N) is 1. The van der Waals surface area contributed by atoms with Crippen LogP contribution >= 0.6 is 23.5 Å². The molecule has 1 saturated carbocycles. The molecule has 1 aliphatic carbocycles. The minimum absolute atomic E-state index is 0.00174. The molecule has 1 heterocycles. The number of anilines is 2. The lowest BCUT2D eigenvalue weighted by Gasteiger charge is -2.36. The fourth-order valence-electron chi connectivity index (χ4n) is 4.00. The molecule has 1 aliphatic heterocycles. The molecule has 2 aliphatic rings. The van der Waals surface area contributed by atoms with E-state index in [4.69, 9.17) is 4.99 Å². The summed E-state index contributed by atoms with van der Waals surface area (Å²) in [7, 11) is 0. The SMILES string of the molecule is CSc1cccc(NC(=O)CSC2=NC3(CCCCCC3)Nc3ccccc32)c1. The summed E-state index contributed by atoms with van der Waals surface area (Å²) in [4.78, 5) is 18.9. The Hall–Kier alpha value is -1.92. The summed E-state index contributed by atoms with van der Waals surface area (Å²) in [6, 6.07) is 16.3. The number of nitrogens with one attached hydrogen (secondary N) is 2. The zero-order chi connectivity index (χ0) is 20.1. The molecular formula is C23H27N3OS2. The molecule has 6 heteroatoms. The fourth-order valence-corrected chi connectivity index (χ4v) is 5.38. The summed E-state index contributed by atoms with van der Waals surface area (Å²) in [6.45, 7) is 0. The van der Waals surface area contributed by atoms with Gasteiger partial charge < -0.3 is 10.6 Å². The molecule has 0 atom stereocenters. The van der Waals surface area contributed by atoms with E-state index in [1.165, 1.54) is 25.7 Å². The van der Waals surface area contributed by atoms with Gasteiger partial charge in [-0.1, -0.05) is 48.9 Å². The number of thioether (sulfide) groups is 2. The standard InChI is InChI=1S/C23H27N3OS2/c1-28-18-10-8-9-17(15-18)24-21(27)16-29-22-19-11-4-5-12-20(19)25-23(26-22)13-6-2-3-7-14-23/h4-5,8-12,15,25H,2-3,6-7,13-14,16H2,1H3,(H,24,27). The third-order valence-corrected chi connectivity index (χ3v) is 7.18. The minimum atomic E-state index is -0.212. The minimum Gasteiger partial charge on any atom is -0.361 e. The molecule has 1 fully saturated rings. The third-order valence-electron chi connectivity index (χ3n) is 5.46. The monoisotopic (exact) mass is 425 g/mol. The fraction of sp³-hybridized carbons (Fsp3) is 0.391. The van der Waals surface area contributed by atoms with Crippen LogP contribution in [-0.4, -0.2) is 28.6 Å². The van der Waals surface area contributed by atoms with Crippen LogP contribution in [0.4, 0.5) is 11.4 Å². The molecule has 29 heavy (non-hydrogen) atoms. The van der Waals surface area contributed by atoms with Crippen molar-refractivity contribution in [3.05, 3.63) is 54.1 Å². The van der Waals surface area contributed by atoms with E-state index in [0.29, 0.717) is 5.75 Å². The predicted molar refractivity (Wildman–Crippen MR) is 126 cm³/mol. The van der Waals surface area contributed by atoms with Crippen molar-refractivity contribution in [2.24, 2.45) is 4.99 Å². The van der Waals surface area contributed by atoms with Gasteiger partial charge in [-0.25, -0.2) is 4.99 Å². The number of rotatable bonds is 4. The number of para-hydroxylation sites is 1. The average Bonchev–Trinajstić information content (AvgIpc) is 2.97. The number of carbonyl (C=O) groups is 1. The van der Waals surface area contributed by atoms with Gasteiger partial charge >= 0.3 is 0 Å². The Morgan fingerprint density at radius 2 is 1.90 bits per heavy atom. The Bertz CT molecular complexity index is 905. The number of amides is 1. The molecule has 0 aromatic heterocycles. The molecule has 2 aromatic rings. The van der Waals surface area contributed by atoms with Gasteiger partial charge in [0.25, 0.3) is 0 Å². The first kappa shape index (κ1) is 20.4. The smallest absolute Gasteiger partial charge is 0.234 e. The van der Waals surface area contributed by atoms with Crippen molar-refractivity contribution in [3.8, 4) is 0 Å². The number of hydrogen-bond acceptors (Lipinski definition) is 5. The summed E-state index contributed by atoms with van der Waals surface area (Å²) in [6.07, 6.45) is 9.10. The zero-order valence-electron chi connectivity index (χ0n) is 16.7. The maximum absolute atomic E-state index is 12.6. The molecule has 1 amide bonds. The first-order valence-electron chi connectivity index (χ1n) is 10.2. The van der Waals surface area contributed by atoms with Crippen molar-refractivity contribution in [1.29, 1.82) is 0 Å². The average molecular weight is 426 g/mol. The van der Waals surface area contributed by atoms with E-state index in [-0.39, 0.29) is 11.6 Å². The van der Waals surface area contributed by atoms with Crippen molar-refractivity contribution < 1.29 is 4.79 Å². The van der Waals surface area contributed by atoms with Crippen LogP contribution in [0.2, 0.25) is 0 Å². The van der Waals surface area contributed by atoms with E-state index in [0.717, 1.165) is 39.7 Å². The summed E-state index contributed by atoms with van der Waals surface area (Å²) in [5, 5.41) is 7.72. The van der Waals surface area contributed by atoms with Gasteiger partial charge in [-0.2, -0.15) is 0 Å². The summed E-state index contributed by atoms with van der Waals surface area (Å²) in [5.41, 5.74) is 2.87. The van der Waals surface area contributed by atoms with Gasteiger partial charge in [0.1, 0.15) is 10.7 Å². The van der Waals surface area contributed by atoms with Crippen LogP contribution in [0, 0.1) is 0 Å². The highest BCUT2D eigenvalue weighted by Crippen LogP contribution is 2.39. The van der Waals surface area contributed by atoms with E-state index in [1.807, 2.05) is 36.6 Å². The summed E-state index contributed by atoms with van der Waals surface area (Å²) >= 11 is 3.21. The van der Waals surface area contributed by atoms with Crippen LogP contribution in [-0.2, 0) is 4.79 Å². The summed E-state index contributed by atoms with van der Waals surface area (Å²) in [5.74, 6) is 0.356. The van der Waals surface area contributed by atoms with Gasteiger partial charge in [-0.3, -0.25) is 4.79 Å². The molecule has 4 nitrogen and oxygen atoms in total. The van der Waals surface area contributed by atoms with Gasteiger partial charge in [0.05, 0.1) is 5.75 Å². The van der Waals surface area contributed by atoms with Crippen LogP contribution in [0.1, 0.15) is 44.1 Å². The van der Waals surface area contributed by atoms with Gasteiger partial charge in [0, 0.05) is 21.8 Å². The number of benzene rings is 2. The second-order valence-electron chi connectivity index (χ2n) is 7.60. The molecule has 0 bridgehead atoms. The largest absolute Gasteiger partial charge is 0.361 e. The number of fused-ring (bicyclic) bond motifs is 1. The quantitative estimate of drug-likeness (QED) is 0.590. The second kappa shape index (κ2) is 9.26. The van der Waals surface area contributed by atoms with Crippen LogP contribution in [0.3, 0.4) is 0 Å². The Morgan fingerprint density at radius 3 is 2.69 bits per heavy atom. The molecule has 152 valence electrons. The number of hydrogen-bond donors (Lipinski definition) is 2. The number of carbonyl (C=O) groups excluding carboxylic acids is 1. The molecule has 2 N–H and O–H groups in total. The Morgan fingerprint density at radius 1 is 1.10 bits per heavy atom. The molecule has 0 unspecified atom stereocenters. The van der Waals surface area contributed by atoms with Gasteiger partial charge in [0.2, 0.25) is 5.91 Å². The molecule has 2 aromatic carbocycles. The van der Waals surface area contributed by atoms with Crippen molar-refractivity contribution >= 4 is 45.8 Å². The third kappa shape index (κ3) is 4.98. The van der Waals surface area contributed by atoms with E-state index >= 15 is 0 Å². The highest BCUT2D eigenvalue weighted by Gasteiger charge is 2.35. The normalized spacial score (nSPS) is 17.6. The summed E-state index contributed by atoms with van der Waals surface area (Å²) < 4.78 is 0. The Balaban J connectivity index is 1.49. The van der Waals surface area contributed by atoms with Crippen LogP contribution in [0.5, 0.6) is 0 Å². The van der Waals surface area contributed by atoms with Crippen molar-refractivity contribution in [3.63, 3.8) is 0 Å². The van der Waals surface area contributed by atoms with Crippen molar-refractivity contribution in [2.45, 2.75) is 49.1 Å². The van der Waals surface area contributed by atoms with Crippen LogP contribution < -0.4 is 10.6 Å². The molecule has 4 rings (SSSR count). The molecule has 0 saturated heterocycles. The zero-order valence-corrected chi connectivity index (χ0v) is 18.4. The maximum Gasteiger partial charge on any atom is 0.234 e. The molecular weight excluding hydrogens is 398 g/mol. The number of aliphatic imine (C=N–C) groups is 1. The van der Waals surface area contributed by atoms with Crippen molar-refractivity contribution in [1.82, 2.24) is 0 Å². The van der Waals surface area contributed by atoms with E-state index in [1.54, 1.807) is 23.5 Å². The molecule has 0 radical (unpaired) electrons. The second-order valence-corrected chi connectivity index (χ2v) is 9.45. The topological polar surface area (TPSA) is 53.5 Å². The highest BCUT2D eigenvalue weighted by molar-refractivity contribution is 8.15. The van der Waals surface area contributed by atoms with Gasteiger partial charge in [-0.15, -0.1) is 11.8 Å².